The van der Waals surface area contributed by atoms with E-state index < -0.39 is 0 Å². The summed E-state index contributed by atoms with van der Waals surface area (Å²) in [6.07, 6.45) is 13.7. The fourth-order valence-electron chi connectivity index (χ4n) is 3.55. The van der Waals surface area contributed by atoms with Crippen LogP contribution in [0.3, 0.4) is 0 Å². The van der Waals surface area contributed by atoms with Crippen molar-refractivity contribution in [2.45, 2.75) is 70.6 Å². The lowest BCUT2D eigenvalue weighted by atomic mass is 9.77. The summed E-state index contributed by atoms with van der Waals surface area (Å²) in [5.41, 5.74) is 2.82. The minimum atomic E-state index is 0.644. The Morgan fingerprint density at radius 3 is 2.43 bits per heavy atom. The molecular weight excluding hydrogens is 259 g/mol. The second-order valence-corrected chi connectivity index (χ2v) is 6.50. The fourth-order valence-corrected chi connectivity index (χ4v) is 3.55. The maximum Gasteiger partial charge on any atom is 0.0827 e. The Hall–Kier alpha value is -1.11. The molecule has 21 heavy (non-hydrogen) atoms. The van der Waals surface area contributed by atoms with Gasteiger partial charge in [0.05, 0.1) is 6.33 Å². The van der Waals surface area contributed by atoms with Gasteiger partial charge in [-0.05, 0) is 61.5 Å². The first kappa shape index (κ1) is 16.3. The molecule has 0 radical (unpaired) electrons. The Labute approximate surface area is 129 Å². The van der Waals surface area contributed by atoms with Crippen LogP contribution in [0.15, 0.2) is 36.7 Å². The summed E-state index contributed by atoms with van der Waals surface area (Å²) in [6, 6.07) is 9.05. The molecular formula is C20H29F. The van der Waals surface area contributed by atoms with Crippen LogP contribution in [0.2, 0.25) is 0 Å². The highest BCUT2D eigenvalue weighted by molar-refractivity contribution is 5.26. The molecule has 0 unspecified atom stereocenters. The molecule has 0 nitrogen and oxygen atoms in total. The van der Waals surface area contributed by atoms with Crippen molar-refractivity contribution in [3.63, 3.8) is 0 Å². The van der Waals surface area contributed by atoms with E-state index in [-0.39, 0.29) is 0 Å². The van der Waals surface area contributed by atoms with Crippen LogP contribution in [0, 0.1) is 5.92 Å². The van der Waals surface area contributed by atoms with E-state index in [0.29, 0.717) is 6.33 Å². The molecule has 0 aliphatic heterocycles. The van der Waals surface area contributed by atoms with Crippen molar-refractivity contribution in [2.75, 3.05) is 0 Å². The molecule has 116 valence electrons. The number of unbranched alkanes of at least 4 members (excludes halogenated alkanes) is 1. The van der Waals surface area contributed by atoms with E-state index in [0.717, 1.165) is 24.7 Å². The van der Waals surface area contributed by atoms with Crippen LogP contribution in [0.4, 0.5) is 4.39 Å². The maximum atomic E-state index is 11.9. The first-order valence-electron chi connectivity index (χ1n) is 8.67. The summed E-state index contributed by atoms with van der Waals surface area (Å²) in [6.45, 7) is 2.29. The third kappa shape index (κ3) is 5.30. The van der Waals surface area contributed by atoms with E-state index in [4.69, 9.17) is 0 Å². The van der Waals surface area contributed by atoms with E-state index in [1.807, 2.05) is 0 Å². The quantitative estimate of drug-likeness (QED) is 0.532. The Kier molecular flexibility index (Phi) is 6.99. The minimum Gasteiger partial charge on any atom is -0.216 e. The van der Waals surface area contributed by atoms with Gasteiger partial charge in [0.1, 0.15) is 0 Å². The average Bonchev–Trinajstić information content (AvgIpc) is 2.54. The SMILES string of the molecule is CCCCC1CCC(c2ccc(CCC=CF)cc2)CC1. The molecule has 1 heteroatoms. The van der Waals surface area contributed by atoms with Crippen LogP contribution in [0.25, 0.3) is 0 Å². The molecule has 0 heterocycles. The summed E-state index contributed by atoms with van der Waals surface area (Å²) in [5, 5.41) is 0. The van der Waals surface area contributed by atoms with Crippen molar-refractivity contribution in [2.24, 2.45) is 5.92 Å². The molecule has 0 N–H and O–H groups in total. The molecule has 1 aromatic carbocycles. The molecule has 0 spiro atoms. The Morgan fingerprint density at radius 1 is 1.10 bits per heavy atom. The number of aryl methyl sites for hydroxylation is 1. The average molecular weight is 288 g/mol. The van der Waals surface area contributed by atoms with Crippen molar-refractivity contribution >= 4 is 0 Å². The number of halogens is 1. The lowest BCUT2D eigenvalue weighted by Gasteiger charge is -2.29. The first-order chi connectivity index (χ1) is 10.3. The lowest BCUT2D eigenvalue weighted by Crippen LogP contribution is -2.13. The van der Waals surface area contributed by atoms with E-state index in [2.05, 4.69) is 31.2 Å². The van der Waals surface area contributed by atoms with Gasteiger partial charge >= 0.3 is 0 Å². The second-order valence-electron chi connectivity index (χ2n) is 6.50. The highest BCUT2D eigenvalue weighted by atomic mass is 19.1. The highest BCUT2D eigenvalue weighted by Gasteiger charge is 2.21. The van der Waals surface area contributed by atoms with Gasteiger partial charge < -0.3 is 0 Å². The van der Waals surface area contributed by atoms with Gasteiger partial charge in [-0.15, -0.1) is 0 Å². The van der Waals surface area contributed by atoms with E-state index in [1.165, 1.54) is 56.1 Å². The molecule has 0 amide bonds. The number of allylic oxidation sites excluding steroid dienone is 1. The molecule has 0 saturated heterocycles. The van der Waals surface area contributed by atoms with E-state index >= 15 is 0 Å². The monoisotopic (exact) mass is 288 g/mol. The predicted octanol–water partition coefficient (Wildman–Crippen LogP) is 6.57. The Balaban J connectivity index is 1.80. The van der Waals surface area contributed by atoms with Gasteiger partial charge in [0.25, 0.3) is 0 Å². The second kappa shape index (κ2) is 9.02. The third-order valence-corrected chi connectivity index (χ3v) is 4.95. The lowest BCUT2D eigenvalue weighted by molar-refractivity contribution is 0.304. The molecule has 0 bridgehead atoms. The third-order valence-electron chi connectivity index (χ3n) is 4.95. The predicted molar refractivity (Wildman–Crippen MR) is 89.2 cm³/mol. The fraction of sp³-hybridized carbons (Fsp3) is 0.600. The van der Waals surface area contributed by atoms with Gasteiger partial charge in [-0.2, -0.15) is 0 Å². The number of benzene rings is 1. The summed E-state index contributed by atoms with van der Waals surface area (Å²) in [5.74, 6) is 1.75. The van der Waals surface area contributed by atoms with Gasteiger partial charge in [0, 0.05) is 0 Å². The molecule has 1 aromatic rings. The maximum absolute atomic E-state index is 11.9. The van der Waals surface area contributed by atoms with Crippen LogP contribution >= 0.6 is 0 Å². The van der Waals surface area contributed by atoms with Gasteiger partial charge in [-0.3, -0.25) is 0 Å². The number of rotatable bonds is 7. The molecule has 1 aliphatic rings. The molecule has 1 aliphatic carbocycles. The molecule has 1 fully saturated rings. The van der Waals surface area contributed by atoms with Gasteiger partial charge in [0.2, 0.25) is 0 Å². The van der Waals surface area contributed by atoms with Crippen molar-refractivity contribution in [1.82, 2.24) is 0 Å². The zero-order valence-corrected chi connectivity index (χ0v) is 13.4. The van der Waals surface area contributed by atoms with Crippen LogP contribution in [0.1, 0.15) is 75.3 Å². The van der Waals surface area contributed by atoms with Crippen molar-refractivity contribution in [3.8, 4) is 0 Å². The van der Waals surface area contributed by atoms with Crippen molar-refractivity contribution < 1.29 is 4.39 Å². The minimum absolute atomic E-state index is 0.644. The van der Waals surface area contributed by atoms with E-state index in [1.54, 1.807) is 6.08 Å². The Morgan fingerprint density at radius 2 is 1.81 bits per heavy atom. The molecule has 0 aromatic heterocycles. The van der Waals surface area contributed by atoms with Gasteiger partial charge in [-0.25, -0.2) is 4.39 Å². The molecule has 0 atom stereocenters. The van der Waals surface area contributed by atoms with Gasteiger partial charge in [-0.1, -0.05) is 56.5 Å². The van der Waals surface area contributed by atoms with Crippen LogP contribution < -0.4 is 0 Å². The van der Waals surface area contributed by atoms with Crippen LogP contribution in [-0.4, -0.2) is 0 Å². The molecule has 1 saturated carbocycles. The summed E-state index contributed by atoms with van der Waals surface area (Å²) < 4.78 is 11.9. The highest BCUT2D eigenvalue weighted by Crippen LogP contribution is 2.37. The smallest absolute Gasteiger partial charge is 0.0827 e. The molecule has 2 rings (SSSR count). The van der Waals surface area contributed by atoms with Crippen molar-refractivity contribution in [1.29, 1.82) is 0 Å². The topological polar surface area (TPSA) is 0 Å². The summed E-state index contributed by atoms with van der Waals surface area (Å²) in [4.78, 5) is 0. The van der Waals surface area contributed by atoms with Crippen molar-refractivity contribution in [3.05, 3.63) is 47.8 Å². The zero-order chi connectivity index (χ0) is 14.9. The van der Waals surface area contributed by atoms with Crippen LogP contribution in [-0.2, 0) is 6.42 Å². The summed E-state index contributed by atoms with van der Waals surface area (Å²) >= 11 is 0. The summed E-state index contributed by atoms with van der Waals surface area (Å²) in [7, 11) is 0. The zero-order valence-electron chi connectivity index (χ0n) is 13.4. The normalized spacial score (nSPS) is 22.8. The Bertz CT molecular complexity index is 410. The largest absolute Gasteiger partial charge is 0.216 e. The van der Waals surface area contributed by atoms with E-state index in [9.17, 15) is 4.39 Å². The van der Waals surface area contributed by atoms with Gasteiger partial charge in [0.15, 0.2) is 0 Å². The first-order valence-corrected chi connectivity index (χ1v) is 8.67. The number of hydrogen-bond donors (Lipinski definition) is 0. The van der Waals surface area contributed by atoms with Crippen LogP contribution in [0.5, 0.6) is 0 Å². The standard InChI is InChI=1S/C20H29F/c1-2-3-6-17-8-12-19(13-9-17)20-14-10-18(11-15-20)7-4-5-16-21/h5,10-11,14-17,19H,2-4,6-9,12-13H2,1H3. The number of hydrogen-bond acceptors (Lipinski definition) is 0.